The molecule has 6 nitrogen and oxygen atoms in total. The van der Waals surface area contributed by atoms with Gasteiger partial charge in [0, 0.05) is 13.1 Å². The summed E-state index contributed by atoms with van der Waals surface area (Å²) in [5.74, 6) is 0.792. The first-order valence-electron chi connectivity index (χ1n) is 6.56. The minimum absolute atomic E-state index is 0.161. The normalized spacial score (nSPS) is 11.8. The predicted molar refractivity (Wildman–Crippen MR) is 75.7 cm³/mol. The summed E-state index contributed by atoms with van der Waals surface area (Å²) in [6, 6.07) is 7.22. The molecule has 0 aromatic heterocycles. The Hall–Kier alpha value is -1.79. The van der Waals surface area contributed by atoms with E-state index in [1.807, 2.05) is 31.2 Å². The predicted octanol–water partition coefficient (Wildman–Crippen LogP) is 0.892. The van der Waals surface area contributed by atoms with Gasteiger partial charge in [-0.25, -0.2) is 4.79 Å². The molecule has 0 saturated carbocycles. The number of rotatable bonds is 8. The van der Waals surface area contributed by atoms with Gasteiger partial charge in [0.05, 0.1) is 26.4 Å². The maximum absolute atomic E-state index is 11.1. The van der Waals surface area contributed by atoms with Gasteiger partial charge in [-0.1, -0.05) is 12.1 Å². The number of hydrogen-bond donors (Lipinski definition) is 3. The van der Waals surface area contributed by atoms with Crippen LogP contribution in [0.1, 0.15) is 12.5 Å². The van der Waals surface area contributed by atoms with Crippen molar-refractivity contribution < 1.29 is 19.4 Å². The van der Waals surface area contributed by atoms with E-state index in [9.17, 15) is 9.90 Å². The molecule has 0 fully saturated rings. The molecular formula is C14H22N2O4. The largest absolute Gasteiger partial charge is 0.497 e. The van der Waals surface area contributed by atoms with Crippen molar-refractivity contribution in [2.24, 2.45) is 0 Å². The number of urea groups is 1. The van der Waals surface area contributed by atoms with Gasteiger partial charge in [0.1, 0.15) is 5.75 Å². The van der Waals surface area contributed by atoms with Crippen molar-refractivity contribution in [3.63, 3.8) is 0 Å². The lowest BCUT2D eigenvalue weighted by molar-refractivity contribution is 0.0300. The summed E-state index contributed by atoms with van der Waals surface area (Å²) < 4.78 is 10.4. The maximum Gasteiger partial charge on any atom is 0.314 e. The zero-order valence-electron chi connectivity index (χ0n) is 11.9. The average molecular weight is 282 g/mol. The molecule has 0 saturated heterocycles. The van der Waals surface area contributed by atoms with Crippen molar-refractivity contribution >= 4 is 6.03 Å². The van der Waals surface area contributed by atoms with Gasteiger partial charge < -0.3 is 25.2 Å². The quantitative estimate of drug-likeness (QED) is 0.661. The summed E-state index contributed by atoms with van der Waals surface area (Å²) >= 11 is 0. The molecule has 0 aliphatic rings. The van der Waals surface area contributed by atoms with E-state index < -0.39 is 6.10 Å². The van der Waals surface area contributed by atoms with Crippen LogP contribution in [0.25, 0.3) is 0 Å². The smallest absolute Gasteiger partial charge is 0.314 e. The fraction of sp³-hybridized carbons (Fsp3) is 0.500. The van der Waals surface area contributed by atoms with Gasteiger partial charge in [-0.2, -0.15) is 0 Å². The van der Waals surface area contributed by atoms with E-state index in [2.05, 4.69) is 10.6 Å². The fourth-order valence-electron chi connectivity index (χ4n) is 1.53. The highest BCUT2D eigenvalue weighted by Crippen LogP contribution is 2.11. The van der Waals surface area contributed by atoms with Crippen molar-refractivity contribution in [3.05, 3.63) is 29.8 Å². The second kappa shape index (κ2) is 9.17. The first-order valence-corrected chi connectivity index (χ1v) is 6.56. The molecule has 0 aliphatic carbocycles. The molecule has 1 unspecified atom stereocenters. The van der Waals surface area contributed by atoms with E-state index in [-0.39, 0.29) is 19.2 Å². The Morgan fingerprint density at radius 1 is 1.30 bits per heavy atom. The number of methoxy groups -OCH3 is 1. The Morgan fingerprint density at radius 3 is 2.60 bits per heavy atom. The molecule has 112 valence electrons. The van der Waals surface area contributed by atoms with Crippen LogP contribution >= 0.6 is 0 Å². The van der Waals surface area contributed by atoms with Crippen LogP contribution in [0.3, 0.4) is 0 Å². The van der Waals surface area contributed by atoms with Gasteiger partial charge >= 0.3 is 6.03 Å². The molecule has 0 bridgehead atoms. The Balaban J connectivity index is 2.17. The third-order valence-corrected chi connectivity index (χ3v) is 2.57. The van der Waals surface area contributed by atoms with Crippen LogP contribution in [-0.4, -0.2) is 44.0 Å². The zero-order chi connectivity index (χ0) is 14.8. The van der Waals surface area contributed by atoms with Gasteiger partial charge in [-0.15, -0.1) is 0 Å². The van der Waals surface area contributed by atoms with Crippen molar-refractivity contribution in [1.82, 2.24) is 10.6 Å². The number of carbonyl (C=O) groups excluding carboxylic acids is 1. The van der Waals surface area contributed by atoms with E-state index in [4.69, 9.17) is 9.47 Å². The minimum Gasteiger partial charge on any atom is -0.497 e. The molecule has 6 heteroatoms. The van der Waals surface area contributed by atoms with Crippen molar-refractivity contribution in [2.75, 3.05) is 26.8 Å². The van der Waals surface area contributed by atoms with Gasteiger partial charge in [0.15, 0.2) is 0 Å². The van der Waals surface area contributed by atoms with Gasteiger partial charge in [0.2, 0.25) is 0 Å². The van der Waals surface area contributed by atoms with Crippen LogP contribution in [0.15, 0.2) is 24.3 Å². The molecule has 0 radical (unpaired) electrons. The van der Waals surface area contributed by atoms with Crippen LogP contribution < -0.4 is 15.4 Å². The summed E-state index contributed by atoms with van der Waals surface area (Å²) in [6.07, 6.45) is -0.726. The molecule has 1 atom stereocenters. The third kappa shape index (κ3) is 6.40. The van der Waals surface area contributed by atoms with Crippen LogP contribution in [0.4, 0.5) is 4.79 Å². The average Bonchev–Trinajstić information content (AvgIpc) is 2.46. The van der Waals surface area contributed by atoms with E-state index in [1.54, 1.807) is 7.11 Å². The first kappa shape index (κ1) is 16.3. The standard InChI is InChI=1S/C14H22N2O4/c1-3-15-14(18)16-8-12(17)10-20-9-11-4-6-13(19-2)7-5-11/h4-7,12,17H,3,8-10H2,1-2H3,(H2,15,16,18). The van der Waals surface area contributed by atoms with Crippen molar-refractivity contribution in [3.8, 4) is 5.75 Å². The summed E-state index contributed by atoms with van der Waals surface area (Å²) in [4.78, 5) is 11.1. The first-order chi connectivity index (χ1) is 9.65. The number of aliphatic hydroxyl groups excluding tert-OH is 1. The highest BCUT2D eigenvalue weighted by molar-refractivity contribution is 5.73. The van der Waals surface area contributed by atoms with E-state index >= 15 is 0 Å². The fourth-order valence-corrected chi connectivity index (χ4v) is 1.53. The van der Waals surface area contributed by atoms with Crippen LogP contribution in [-0.2, 0) is 11.3 Å². The van der Waals surface area contributed by atoms with Gasteiger partial charge in [-0.05, 0) is 24.6 Å². The summed E-state index contributed by atoms with van der Waals surface area (Å²) in [7, 11) is 1.61. The van der Waals surface area contributed by atoms with Crippen LogP contribution in [0.5, 0.6) is 5.75 Å². The number of amides is 2. The molecule has 0 aliphatic heterocycles. The van der Waals surface area contributed by atoms with Crippen molar-refractivity contribution in [2.45, 2.75) is 19.6 Å². The number of benzene rings is 1. The zero-order valence-corrected chi connectivity index (χ0v) is 11.9. The van der Waals surface area contributed by atoms with Crippen LogP contribution in [0.2, 0.25) is 0 Å². The van der Waals surface area contributed by atoms with Crippen LogP contribution in [0, 0.1) is 0 Å². The minimum atomic E-state index is -0.726. The number of hydrogen-bond acceptors (Lipinski definition) is 4. The molecular weight excluding hydrogens is 260 g/mol. The molecule has 1 aromatic rings. The molecule has 0 spiro atoms. The van der Waals surface area contributed by atoms with E-state index in [1.165, 1.54) is 0 Å². The molecule has 3 N–H and O–H groups in total. The number of aliphatic hydroxyl groups is 1. The lowest BCUT2D eigenvalue weighted by Crippen LogP contribution is -2.40. The highest BCUT2D eigenvalue weighted by atomic mass is 16.5. The molecule has 0 heterocycles. The lowest BCUT2D eigenvalue weighted by atomic mass is 10.2. The van der Waals surface area contributed by atoms with Gasteiger partial charge in [0.25, 0.3) is 0 Å². The summed E-state index contributed by atoms with van der Waals surface area (Å²) in [5, 5.41) is 14.8. The number of ether oxygens (including phenoxy) is 2. The number of carbonyl (C=O) groups is 1. The Morgan fingerprint density at radius 2 is 2.00 bits per heavy atom. The monoisotopic (exact) mass is 282 g/mol. The Labute approximate surface area is 119 Å². The second-order valence-corrected chi connectivity index (χ2v) is 4.26. The summed E-state index contributed by atoms with van der Waals surface area (Å²) in [5.41, 5.74) is 0.995. The van der Waals surface area contributed by atoms with E-state index in [0.717, 1.165) is 11.3 Å². The molecule has 1 aromatic carbocycles. The van der Waals surface area contributed by atoms with Gasteiger partial charge in [-0.3, -0.25) is 0 Å². The third-order valence-electron chi connectivity index (χ3n) is 2.57. The SMILES string of the molecule is CCNC(=O)NCC(O)COCc1ccc(OC)cc1. The second-order valence-electron chi connectivity index (χ2n) is 4.26. The maximum atomic E-state index is 11.1. The molecule has 20 heavy (non-hydrogen) atoms. The number of nitrogens with one attached hydrogen (secondary N) is 2. The van der Waals surface area contributed by atoms with E-state index in [0.29, 0.717) is 13.2 Å². The topological polar surface area (TPSA) is 79.8 Å². The molecule has 2 amide bonds. The Bertz CT molecular complexity index is 395. The summed E-state index contributed by atoms with van der Waals surface area (Å²) in [6.45, 7) is 3.11. The highest BCUT2D eigenvalue weighted by Gasteiger charge is 2.06. The molecule has 1 rings (SSSR count). The van der Waals surface area contributed by atoms with Crippen molar-refractivity contribution in [1.29, 1.82) is 0 Å². The lowest BCUT2D eigenvalue weighted by Gasteiger charge is -2.12. The Kier molecular flexibility index (Phi) is 7.46.